The predicted octanol–water partition coefficient (Wildman–Crippen LogP) is 3.03. The molecule has 1 N–H and O–H groups in total. The average Bonchev–Trinajstić information content (AvgIpc) is 2.32. The van der Waals surface area contributed by atoms with Gasteiger partial charge >= 0.3 is 0 Å². The first-order valence-corrected chi connectivity index (χ1v) is 5.09. The van der Waals surface area contributed by atoms with Crippen LogP contribution in [-0.2, 0) is 6.61 Å². The topological polar surface area (TPSA) is 33.1 Å². The van der Waals surface area contributed by atoms with Crippen molar-refractivity contribution in [3.63, 3.8) is 0 Å². The number of aliphatic hydroxyl groups excluding tert-OH is 1. The van der Waals surface area contributed by atoms with Crippen LogP contribution in [0.1, 0.15) is 5.56 Å². The lowest BCUT2D eigenvalue weighted by Crippen LogP contribution is -1.90. The summed E-state index contributed by atoms with van der Waals surface area (Å²) in [5, 5.41) is 9.33. The molecule has 0 fully saturated rings. The van der Waals surface area contributed by atoms with Crippen molar-refractivity contribution >= 4 is 11.6 Å². The molecule has 0 bridgehead atoms. The first-order chi connectivity index (χ1) is 7.70. The van der Waals surface area contributed by atoms with Crippen LogP contribution >= 0.6 is 11.6 Å². The second-order valence-corrected chi connectivity index (χ2v) is 3.77. The van der Waals surface area contributed by atoms with Gasteiger partial charge in [0.25, 0.3) is 0 Å². The van der Waals surface area contributed by atoms with Gasteiger partial charge < -0.3 is 5.11 Å². The van der Waals surface area contributed by atoms with E-state index in [-0.39, 0.29) is 12.4 Å². The Balaban J connectivity index is 2.45. The maximum absolute atomic E-state index is 13.5. The van der Waals surface area contributed by atoms with Crippen molar-refractivity contribution in [3.8, 4) is 11.3 Å². The van der Waals surface area contributed by atoms with Gasteiger partial charge in [0.1, 0.15) is 5.82 Å². The van der Waals surface area contributed by atoms with E-state index in [1.54, 1.807) is 12.1 Å². The summed E-state index contributed by atoms with van der Waals surface area (Å²) in [7, 11) is 0. The summed E-state index contributed by atoms with van der Waals surface area (Å²) < 4.78 is 13.5. The molecule has 1 aromatic carbocycles. The van der Waals surface area contributed by atoms with Gasteiger partial charge in [0, 0.05) is 16.8 Å². The van der Waals surface area contributed by atoms with Crippen LogP contribution in [0.15, 0.2) is 36.5 Å². The van der Waals surface area contributed by atoms with Crippen LogP contribution in [0.25, 0.3) is 11.3 Å². The minimum atomic E-state index is -0.367. The van der Waals surface area contributed by atoms with Gasteiger partial charge in [-0.1, -0.05) is 17.7 Å². The highest BCUT2D eigenvalue weighted by molar-refractivity contribution is 6.30. The summed E-state index contributed by atoms with van der Waals surface area (Å²) >= 11 is 5.79. The fourth-order valence-corrected chi connectivity index (χ4v) is 1.54. The Bertz CT molecular complexity index is 499. The molecule has 1 heterocycles. The van der Waals surface area contributed by atoms with Crippen LogP contribution in [-0.4, -0.2) is 10.1 Å². The lowest BCUT2D eigenvalue weighted by Gasteiger charge is -2.04. The largest absolute Gasteiger partial charge is 0.392 e. The van der Waals surface area contributed by atoms with Gasteiger partial charge in [0.15, 0.2) is 0 Å². The summed E-state index contributed by atoms with van der Waals surface area (Å²) in [4.78, 5) is 4.06. The monoisotopic (exact) mass is 237 g/mol. The Morgan fingerprint density at radius 2 is 2.06 bits per heavy atom. The lowest BCUT2D eigenvalue weighted by atomic mass is 10.1. The standard InChI is InChI=1S/C12H9ClFNO/c13-9-2-3-11(14)10(5-9)12-4-1-8(7-16)6-15-12/h1-6,16H,7H2. The fraction of sp³-hybridized carbons (Fsp3) is 0.0833. The Hall–Kier alpha value is -1.45. The van der Waals surface area contributed by atoms with E-state index in [0.717, 1.165) is 0 Å². The number of hydrogen-bond donors (Lipinski definition) is 1. The number of halogens is 2. The van der Waals surface area contributed by atoms with Crippen LogP contribution in [0.5, 0.6) is 0 Å². The van der Waals surface area contributed by atoms with Gasteiger partial charge in [-0.15, -0.1) is 0 Å². The average molecular weight is 238 g/mol. The van der Waals surface area contributed by atoms with Crippen molar-refractivity contribution in [1.29, 1.82) is 0 Å². The Kier molecular flexibility index (Phi) is 3.17. The molecule has 0 radical (unpaired) electrons. The molecule has 16 heavy (non-hydrogen) atoms. The molecule has 2 aromatic rings. The number of nitrogens with zero attached hydrogens (tertiary/aromatic N) is 1. The molecule has 1 aromatic heterocycles. The summed E-state index contributed by atoms with van der Waals surface area (Å²) in [6.45, 7) is -0.0781. The van der Waals surface area contributed by atoms with Crippen molar-refractivity contribution in [3.05, 3.63) is 52.9 Å². The molecule has 0 aliphatic carbocycles. The van der Waals surface area contributed by atoms with Gasteiger partial charge in [0.2, 0.25) is 0 Å². The number of benzene rings is 1. The number of hydrogen-bond acceptors (Lipinski definition) is 2. The van der Waals surface area contributed by atoms with Gasteiger partial charge in [-0.25, -0.2) is 4.39 Å². The maximum Gasteiger partial charge on any atom is 0.132 e. The molecule has 2 rings (SSSR count). The zero-order chi connectivity index (χ0) is 11.5. The molecule has 0 aliphatic heterocycles. The zero-order valence-corrected chi connectivity index (χ0v) is 9.08. The Labute approximate surface area is 97.3 Å². The molecule has 2 nitrogen and oxygen atoms in total. The summed E-state index contributed by atoms with van der Waals surface area (Å²) in [5.74, 6) is -0.367. The van der Waals surface area contributed by atoms with Crippen LogP contribution in [0.2, 0.25) is 5.02 Å². The minimum absolute atomic E-state index is 0.0781. The molecular formula is C12H9ClFNO. The van der Waals surface area contributed by atoms with Crippen LogP contribution in [0.4, 0.5) is 4.39 Å². The first-order valence-electron chi connectivity index (χ1n) is 4.72. The summed E-state index contributed by atoms with van der Waals surface area (Å²) in [5.41, 5.74) is 1.54. The van der Waals surface area contributed by atoms with Gasteiger partial charge in [-0.05, 0) is 29.8 Å². The van der Waals surface area contributed by atoms with Crippen molar-refractivity contribution in [2.45, 2.75) is 6.61 Å². The molecule has 4 heteroatoms. The minimum Gasteiger partial charge on any atom is -0.392 e. The normalized spacial score (nSPS) is 10.4. The summed E-state index contributed by atoms with van der Waals surface area (Å²) in [6.07, 6.45) is 1.51. The highest BCUT2D eigenvalue weighted by Gasteiger charge is 2.06. The molecule has 0 aliphatic rings. The number of pyridine rings is 1. The molecule has 0 atom stereocenters. The van der Waals surface area contributed by atoms with Gasteiger partial charge in [0.05, 0.1) is 12.3 Å². The van der Waals surface area contributed by atoms with Crippen LogP contribution < -0.4 is 0 Å². The molecule has 82 valence electrons. The third-order valence-electron chi connectivity index (χ3n) is 2.21. The van der Waals surface area contributed by atoms with E-state index < -0.39 is 0 Å². The van der Waals surface area contributed by atoms with Crippen LogP contribution in [0.3, 0.4) is 0 Å². The van der Waals surface area contributed by atoms with Crippen molar-refractivity contribution in [1.82, 2.24) is 4.98 Å². The van der Waals surface area contributed by atoms with Gasteiger partial charge in [-0.3, -0.25) is 4.98 Å². The zero-order valence-electron chi connectivity index (χ0n) is 8.32. The molecule has 0 unspecified atom stereocenters. The van der Waals surface area contributed by atoms with E-state index >= 15 is 0 Å². The Morgan fingerprint density at radius 1 is 1.25 bits per heavy atom. The number of aliphatic hydroxyl groups is 1. The SMILES string of the molecule is OCc1ccc(-c2cc(Cl)ccc2F)nc1. The molecule has 0 saturated carbocycles. The highest BCUT2D eigenvalue weighted by atomic mass is 35.5. The van der Waals surface area contributed by atoms with Crippen molar-refractivity contribution in [2.24, 2.45) is 0 Å². The number of rotatable bonds is 2. The predicted molar refractivity (Wildman–Crippen MR) is 60.6 cm³/mol. The van der Waals surface area contributed by atoms with Gasteiger partial charge in [-0.2, -0.15) is 0 Å². The van der Waals surface area contributed by atoms with E-state index in [1.807, 2.05) is 0 Å². The quantitative estimate of drug-likeness (QED) is 0.871. The lowest BCUT2D eigenvalue weighted by molar-refractivity contribution is 0.281. The second-order valence-electron chi connectivity index (χ2n) is 3.33. The summed E-state index contributed by atoms with van der Waals surface area (Å²) in [6, 6.07) is 7.67. The number of aromatic nitrogens is 1. The molecule has 0 spiro atoms. The molecule has 0 saturated heterocycles. The highest BCUT2D eigenvalue weighted by Crippen LogP contribution is 2.24. The molecular weight excluding hydrogens is 229 g/mol. The maximum atomic E-state index is 13.5. The van der Waals surface area contributed by atoms with E-state index in [4.69, 9.17) is 16.7 Å². The first kappa shape index (κ1) is 11.0. The third kappa shape index (κ3) is 2.21. The third-order valence-corrected chi connectivity index (χ3v) is 2.45. The fourth-order valence-electron chi connectivity index (χ4n) is 1.37. The Morgan fingerprint density at radius 3 is 2.69 bits per heavy atom. The van der Waals surface area contributed by atoms with Crippen molar-refractivity contribution in [2.75, 3.05) is 0 Å². The second kappa shape index (κ2) is 4.60. The smallest absolute Gasteiger partial charge is 0.132 e. The van der Waals surface area contributed by atoms with E-state index in [2.05, 4.69) is 4.98 Å². The van der Waals surface area contributed by atoms with Crippen LogP contribution in [0, 0.1) is 5.82 Å². The van der Waals surface area contributed by atoms with Crippen molar-refractivity contribution < 1.29 is 9.50 Å². The van der Waals surface area contributed by atoms with E-state index in [9.17, 15) is 4.39 Å². The van der Waals surface area contributed by atoms with E-state index in [0.29, 0.717) is 21.8 Å². The molecule has 0 amide bonds. The van der Waals surface area contributed by atoms with E-state index in [1.165, 1.54) is 24.4 Å².